The summed E-state index contributed by atoms with van der Waals surface area (Å²) in [4.78, 5) is 0. The van der Waals surface area contributed by atoms with E-state index in [0.29, 0.717) is 10.2 Å². The number of methoxy groups -OCH3 is 1. The van der Waals surface area contributed by atoms with Crippen LogP contribution in [-0.4, -0.2) is 29.7 Å². The highest BCUT2D eigenvalue weighted by Crippen LogP contribution is 2.59. The maximum atomic E-state index is 13.9. The first-order valence-electron chi connectivity index (χ1n) is 8.07. The molecule has 5 nitrogen and oxygen atoms in total. The van der Waals surface area contributed by atoms with Crippen LogP contribution in [0.1, 0.15) is 11.1 Å². The Balaban J connectivity index is 1.74. The largest absolute Gasteiger partial charge is 0.497 e. The quantitative estimate of drug-likeness (QED) is 0.605. The molecule has 2 aromatic rings. The van der Waals surface area contributed by atoms with E-state index in [1.165, 1.54) is 55.6 Å². The second kappa shape index (κ2) is 5.83. The average molecular weight is 404 g/mol. The molecule has 0 aromatic heterocycles. The molecule has 2 heterocycles. The minimum atomic E-state index is -4.91. The van der Waals surface area contributed by atoms with Crippen LogP contribution in [0.25, 0.3) is 0 Å². The first kappa shape index (κ1) is 19.0. The number of benzene rings is 2. The lowest BCUT2D eigenvalue weighted by atomic mass is 10.0. The van der Waals surface area contributed by atoms with Crippen LogP contribution < -0.4 is 15.6 Å². The van der Waals surface area contributed by atoms with Gasteiger partial charge in [-0.25, -0.2) is 10.9 Å². The molecule has 28 heavy (non-hydrogen) atoms. The van der Waals surface area contributed by atoms with Gasteiger partial charge in [0.15, 0.2) is 0 Å². The summed E-state index contributed by atoms with van der Waals surface area (Å²) < 4.78 is 88.2. The number of hydrazine groups is 3. The third kappa shape index (κ3) is 2.50. The van der Waals surface area contributed by atoms with Crippen LogP contribution in [0.3, 0.4) is 0 Å². The molecule has 4 unspecified atom stereocenters. The van der Waals surface area contributed by atoms with Crippen molar-refractivity contribution < 1.29 is 31.1 Å². The van der Waals surface area contributed by atoms with Crippen molar-refractivity contribution in [2.45, 2.75) is 23.7 Å². The number of halogens is 6. The van der Waals surface area contributed by atoms with E-state index in [2.05, 4.69) is 10.9 Å². The molecule has 0 radical (unpaired) electrons. The first-order chi connectivity index (χ1) is 13.1. The van der Waals surface area contributed by atoms with Gasteiger partial charge >= 0.3 is 12.4 Å². The number of alkyl halides is 6. The third-order valence-corrected chi connectivity index (χ3v) is 4.77. The Morgan fingerprint density at radius 1 is 0.750 bits per heavy atom. The summed E-state index contributed by atoms with van der Waals surface area (Å²) in [6, 6.07) is 11.8. The van der Waals surface area contributed by atoms with E-state index >= 15 is 0 Å². The molecule has 2 N–H and O–H groups in total. The zero-order valence-corrected chi connectivity index (χ0v) is 14.3. The topological polar surface area (TPSA) is 59.1 Å². The average Bonchev–Trinajstić information content (AvgIpc) is 3.52. The number of rotatable bonds is 4. The van der Waals surface area contributed by atoms with Crippen molar-refractivity contribution in [1.29, 1.82) is 0 Å². The first-order valence-corrected chi connectivity index (χ1v) is 8.07. The van der Waals surface area contributed by atoms with Crippen LogP contribution in [0.15, 0.2) is 54.6 Å². The van der Waals surface area contributed by atoms with E-state index in [1.807, 2.05) is 0 Å². The standard InChI is InChI=1S/C17H14F6N4O/c1-28-13-9-5-8-12(10-13)15(17(21,22)23)25-27(15)26-14(24-26,16(18,19)20)11-6-3-2-4-7-11/h2-10,24-25H,1H3. The maximum absolute atomic E-state index is 13.9. The molecule has 2 saturated heterocycles. The van der Waals surface area contributed by atoms with Crippen LogP contribution in [0.2, 0.25) is 0 Å². The third-order valence-electron chi connectivity index (χ3n) is 4.77. The molecule has 0 amide bonds. The number of hydrogen-bond acceptors (Lipinski definition) is 5. The Labute approximate surface area is 155 Å². The number of ether oxygens (including phenoxy) is 1. The van der Waals surface area contributed by atoms with Crippen LogP contribution in [-0.2, 0) is 11.3 Å². The van der Waals surface area contributed by atoms with Crippen molar-refractivity contribution in [2.75, 3.05) is 7.11 Å². The van der Waals surface area contributed by atoms with E-state index in [0.717, 1.165) is 6.07 Å². The van der Waals surface area contributed by atoms with Crippen molar-refractivity contribution in [3.8, 4) is 5.75 Å². The number of nitrogens with one attached hydrogen (secondary N) is 2. The van der Waals surface area contributed by atoms with Gasteiger partial charge in [0, 0.05) is 11.1 Å². The van der Waals surface area contributed by atoms with Crippen LogP contribution in [0.5, 0.6) is 5.75 Å². The van der Waals surface area contributed by atoms with Gasteiger partial charge in [-0.2, -0.15) is 26.3 Å². The molecule has 11 heteroatoms. The molecule has 4 atom stereocenters. The van der Waals surface area contributed by atoms with Crippen molar-refractivity contribution >= 4 is 0 Å². The second-order valence-electron chi connectivity index (χ2n) is 6.36. The Morgan fingerprint density at radius 3 is 1.75 bits per heavy atom. The van der Waals surface area contributed by atoms with E-state index < -0.39 is 23.7 Å². The van der Waals surface area contributed by atoms with Gasteiger partial charge in [-0.05, 0) is 12.1 Å². The second-order valence-corrected chi connectivity index (χ2v) is 6.36. The molecule has 0 saturated carbocycles. The van der Waals surface area contributed by atoms with Gasteiger partial charge < -0.3 is 4.74 Å². The molecule has 2 fully saturated rings. The van der Waals surface area contributed by atoms with Crippen molar-refractivity contribution in [1.82, 2.24) is 21.1 Å². The molecule has 2 aliphatic heterocycles. The molecule has 4 rings (SSSR count). The fourth-order valence-corrected chi connectivity index (χ4v) is 3.25. The van der Waals surface area contributed by atoms with Gasteiger partial charge in [-0.1, -0.05) is 42.5 Å². The van der Waals surface area contributed by atoms with Crippen molar-refractivity contribution in [3.05, 3.63) is 65.7 Å². The molecule has 150 valence electrons. The zero-order chi connectivity index (χ0) is 20.4. The van der Waals surface area contributed by atoms with E-state index in [-0.39, 0.29) is 16.9 Å². The van der Waals surface area contributed by atoms with Crippen molar-refractivity contribution in [3.63, 3.8) is 0 Å². The van der Waals surface area contributed by atoms with Gasteiger partial charge in [-0.15, -0.1) is 10.2 Å². The molecular weight excluding hydrogens is 390 g/mol. The maximum Gasteiger partial charge on any atom is 0.428 e. The van der Waals surface area contributed by atoms with Gasteiger partial charge in [0.1, 0.15) is 5.75 Å². The fourth-order valence-electron chi connectivity index (χ4n) is 3.25. The Kier molecular flexibility index (Phi) is 3.96. The van der Waals surface area contributed by atoms with Crippen LogP contribution in [0.4, 0.5) is 26.3 Å². The highest BCUT2D eigenvalue weighted by molar-refractivity contribution is 5.38. The predicted molar refractivity (Wildman–Crippen MR) is 84.9 cm³/mol. The van der Waals surface area contributed by atoms with Crippen molar-refractivity contribution in [2.24, 2.45) is 0 Å². The summed E-state index contributed by atoms with van der Waals surface area (Å²) in [7, 11) is 1.29. The molecule has 0 aliphatic carbocycles. The summed E-state index contributed by atoms with van der Waals surface area (Å²) in [6.45, 7) is 0. The summed E-state index contributed by atoms with van der Waals surface area (Å²) in [5.41, 5.74) is -1.95. The van der Waals surface area contributed by atoms with Gasteiger partial charge in [0.25, 0.3) is 0 Å². The highest BCUT2D eigenvalue weighted by atomic mass is 19.4. The summed E-state index contributed by atoms with van der Waals surface area (Å²) in [5.74, 6) is 0.152. The number of hydrogen-bond donors (Lipinski definition) is 2. The molecular formula is C17H14F6N4O. The molecule has 0 spiro atoms. The van der Waals surface area contributed by atoms with E-state index in [9.17, 15) is 26.3 Å². The Morgan fingerprint density at radius 2 is 1.25 bits per heavy atom. The highest BCUT2D eigenvalue weighted by Gasteiger charge is 2.83. The van der Waals surface area contributed by atoms with Gasteiger partial charge in [0.2, 0.25) is 11.3 Å². The van der Waals surface area contributed by atoms with Gasteiger partial charge in [0.05, 0.1) is 7.11 Å². The minimum absolute atomic E-state index is 0.152. The Hall–Kier alpha value is -2.34. The summed E-state index contributed by atoms with van der Waals surface area (Å²) in [6.07, 6.45) is -9.78. The lowest BCUT2D eigenvalue weighted by Crippen LogP contribution is -2.41. The SMILES string of the molecule is COc1cccc(C2(C(F)(F)F)NN2N2NC2(c2ccccc2)C(F)(F)F)c1. The molecule has 2 aromatic carbocycles. The van der Waals surface area contributed by atoms with Crippen LogP contribution in [0, 0.1) is 0 Å². The lowest BCUT2D eigenvalue weighted by Gasteiger charge is -2.22. The fraction of sp³-hybridized carbons (Fsp3) is 0.294. The molecule has 2 aliphatic rings. The minimum Gasteiger partial charge on any atom is -0.497 e. The predicted octanol–water partition coefficient (Wildman–Crippen LogP) is 3.38. The number of nitrogens with zero attached hydrogens (tertiary/aromatic N) is 2. The van der Waals surface area contributed by atoms with E-state index in [4.69, 9.17) is 4.74 Å². The monoisotopic (exact) mass is 404 g/mol. The summed E-state index contributed by atoms with van der Waals surface area (Å²) >= 11 is 0. The normalized spacial score (nSPS) is 32.1. The van der Waals surface area contributed by atoms with Crippen LogP contribution >= 0.6 is 0 Å². The van der Waals surface area contributed by atoms with Gasteiger partial charge in [-0.3, -0.25) is 0 Å². The lowest BCUT2D eigenvalue weighted by molar-refractivity contribution is -0.206. The zero-order valence-electron chi connectivity index (χ0n) is 14.3. The summed E-state index contributed by atoms with van der Waals surface area (Å²) in [5, 5.41) is 0.817. The molecule has 0 bridgehead atoms. The Bertz CT molecular complexity index is 889. The van der Waals surface area contributed by atoms with E-state index in [1.54, 1.807) is 0 Å². The smallest absolute Gasteiger partial charge is 0.428 e.